The largest absolute Gasteiger partial charge is 0.491 e. The van der Waals surface area contributed by atoms with Crippen LogP contribution in [0, 0.1) is 0 Å². The van der Waals surface area contributed by atoms with Crippen LogP contribution in [0.2, 0.25) is 0 Å². The molecule has 0 spiro atoms. The maximum Gasteiger partial charge on any atom is 0.127 e. The molecule has 2 aromatic carbocycles. The Hall–Kier alpha value is -1.19. The fourth-order valence-corrected chi connectivity index (χ4v) is 3.21. The van der Waals surface area contributed by atoms with E-state index >= 15 is 0 Å². The fourth-order valence-electron chi connectivity index (χ4n) is 2.06. The van der Waals surface area contributed by atoms with Gasteiger partial charge in [0.1, 0.15) is 12.4 Å². The van der Waals surface area contributed by atoms with Gasteiger partial charge in [-0.2, -0.15) is 0 Å². The van der Waals surface area contributed by atoms with Gasteiger partial charge in [-0.25, -0.2) is 0 Å². The molecule has 0 fully saturated rings. The number of rotatable bonds is 8. The third-order valence-electron chi connectivity index (χ3n) is 3.14. The Balaban J connectivity index is 2.22. The van der Waals surface area contributed by atoms with Crippen LogP contribution in [0.15, 0.2) is 41.3 Å². The van der Waals surface area contributed by atoms with E-state index < -0.39 is 0 Å². The second-order valence-corrected chi connectivity index (χ2v) is 5.79. The van der Waals surface area contributed by atoms with E-state index in [9.17, 15) is 0 Å². The zero-order valence-electron chi connectivity index (χ0n) is 12.2. The minimum absolute atomic E-state index is 0.586. The molecule has 3 heteroatoms. The predicted octanol–water partition coefficient (Wildman–Crippen LogP) is 4.76. The van der Waals surface area contributed by atoms with Crippen molar-refractivity contribution >= 4 is 22.5 Å². The Labute approximate surface area is 125 Å². The van der Waals surface area contributed by atoms with E-state index in [-0.39, 0.29) is 0 Å². The maximum atomic E-state index is 5.81. The second-order valence-electron chi connectivity index (χ2n) is 4.65. The maximum absolute atomic E-state index is 5.81. The normalized spacial score (nSPS) is 10.9. The predicted molar refractivity (Wildman–Crippen MR) is 87.0 cm³/mol. The number of benzene rings is 2. The number of hydrogen-bond acceptors (Lipinski definition) is 3. The summed E-state index contributed by atoms with van der Waals surface area (Å²) in [5, 5.41) is 2.47. The van der Waals surface area contributed by atoms with Gasteiger partial charge in [-0.05, 0) is 29.7 Å². The van der Waals surface area contributed by atoms with Gasteiger partial charge < -0.3 is 9.47 Å². The molecule has 0 aliphatic carbocycles. The average Bonchev–Trinajstić information content (AvgIpc) is 2.49. The number of methoxy groups -OCH3 is 1. The van der Waals surface area contributed by atoms with Gasteiger partial charge in [-0.3, -0.25) is 0 Å². The highest BCUT2D eigenvalue weighted by Gasteiger charge is 2.07. The summed E-state index contributed by atoms with van der Waals surface area (Å²) in [6.07, 6.45) is 2.49. The van der Waals surface area contributed by atoms with Crippen molar-refractivity contribution in [2.45, 2.75) is 24.7 Å². The van der Waals surface area contributed by atoms with E-state index in [1.807, 2.05) is 11.8 Å². The van der Waals surface area contributed by atoms with Crippen molar-refractivity contribution in [2.75, 3.05) is 26.1 Å². The van der Waals surface area contributed by atoms with E-state index in [2.05, 4.69) is 43.3 Å². The van der Waals surface area contributed by atoms with Gasteiger partial charge in [0, 0.05) is 17.4 Å². The van der Waals surface area contributed by atoms with Crippen molar-refractivity contribution in [3.8, 4) is 5.75 Å². The Morgan fingerprint density at radius 2 is 1.80 bits per heavy atom. The van der Waals surface area contributed by atoms with Crippen LogP contribution >= 0.6 is 11.8 Å². The van der Waals surface area contributed by atoms with Gasteiger partial charge >= 0.3 is 0 Å². The van der Waals surface area contributed by atoms with Crippen LogP contribution < -0.4 is 4.74 Å². The van der Waals surface area contributed by atoms with Gasteiger partial charge in [-0.1, -0.05) is 37.6 Å². The third-order valence-corrected chi connectivity index (χ3v) is 4.30. The molecule has 0 aliphatic rings. The van der Waals surface area contributed by atoms with Crippen LogP contribution in [0.4, 0.5) is 0 Å². The molecule has 0 saturated carbocycles. The summed E-state index contributed by atoms with van der Waals surface area (Å²) >= 11 is 1.93. The topological polar surface area (TPSA) is 18.5 Å². The van der Waals surface area contributed by atoms with Crippen molar-refractivity contribution in [2.24, 2.45) is 0 Å². The summed E-state index contributed by atoms with van der Waals surface area (Å²) in [6, 6.07) is 12.7. The molecular formula is C17H22O2S. The first-order chi connectivity index (χ1) is 9.86. The summed E-state index contributed by atoms with van der Waals surface area (Å²) < 4.78 is 10.8. The van der Waals surface area contributed by atoms with Gasteiger partial charge in [0.25, 0.3) is 0 Å². The molecule has 0 N–H and O–H groups in total. The standard InChI is InChI=1S/C17H22O2S/c1-3-4-13-20-17-10-9-16(19-12-11-18-2)14-7-5-6-8-15(14)17/h5-10H,3-4,11-13H2,1-2H3. The van der Waals surface area contributed by atoms with Crippen LogP contribution in [-0.4, -0.2) is 26.1 Å². The zero-order chi connectivity index (χ0) is 14.2. The van der Waals surface area contributed by atoms with Crippen molar-refractivity contribution in [1.82, 2.24) is 0 Å². The van der Waals surface area contributed by atoms with Crippen LogP contribution in [0.5, 0.6) is 5.75 Å². The molecule has 2 nitrogen and oxygen atoms in total. The molecule has 0 heterocycles. The summed E-state index contributed by atoms with van der Waals surface area (Å²) in [7, 11) is 1.69. The third kappa shape index (κ3) is 3.90. The first-order valence-corrected chi connectivity index (χ1v) is 8.11. The number of unbranched alkanes of at least 4 members (excludes halogenated alkanes) is 1. The van der Waals surface area contributed by atoms with E-state index in [0.29, 0.717) is 13.2 Å². The van der Waals surface area contributed by atoms with Gasteiger partial charge in [0.15, 0.2) is 0 Å². The molecule has 108 valence electrons. The van der Waals surface area contributed by atoms with Crippen LogP contribution in [-0.2, 0) is 4.74 Å². The molecule has 2 aromatic rings. The smallest absolute Gasteiger partial charge is 0.127 e. The molecule has 0 aliphatic heterocycles. The Morgan fingerprint density at radius 3 is 2.55 bits per heavy atom. The molecule has 0 amide bonds. The Morgan fingerprint density at radius 1 is 1.00 bits per heavy atom. The Kier molecular flexibility index (Phi) is 6.22. The van der Waals surface area contributed by atoms with E-state index in [4.69, 9.17) is 9.47 Å². The highest BCUT2D eigenvalue weighted by molar-refractivity contribution is 7.99. The first kappa shape index (κ1) is 15.2. The van der Waals surface area contributed by atoms with Crippen LogP contribution in [0.25, 0.3) is 10.8 Å². The highest BCUT2D eigenvalue weighted by atomic mass is 32.2. The lowest BCUT2D eigenvalue weighted by Crippen LogP contribution is -2.04. The van der Waals surface area contributed by atoms with E-state index in [0.717, 1.165) is 5.75 Å². The monoisotopic (exact) mass is 290 g/mol. The number of fused-ring (bicyclic) bond motifs is 1. The van der Waals surface area contributed by atoms with Crippen molar-refractivity contribution in [1.29, 1.82) is 0 Å². The van der Waals surface area contributed by atoms with Crippen molar-refractivity contribution < 1.29 is 9.47 Å². The highest BCUT2D eigenvalue weighted by Crippen LogP contribution is 2.34. The molecular weight excluding hydrogens is 268 g/mol. The molecule has 20 heavy (non-hydrogen) atoms. The number of hydrogen-bond donors (Lipinski definition) is 0. The lowest BCUT2D eigenvalue weighted by molar-refractivity contribution is 0.147. The summed E-state index contributed by atoms with van der Waals surface area (Å²) in [6.45, 7) is 3.43. The summed E-state index contributed by atoms with van der Waals surface area (Å²) in [5.41, 5.74) is 0. The van der Waals surface area contributed by atoms with Crippen LogP contribution in [0.3, 0.4) is 0 Å². The molecule has 0 aromatic heterocycles. The lowest BCUT2D eigenvalue weighted by atomic mass is 10.1. The minimum atomic E-state index is 0.586. The second kappa shape index (κ2) is 8.18. The van der Waals surface area contributed by atoms with Crippen LogP contribution in [0.1, 0.15) is 19.8 Å². The molecule has 0 radical (unpaired) electrons. The summed E-state index contributed by atoms with van der Waals surface area (Å²) in [4.78, 5) is 1.34. The van der Waals surface area contributed by atoms with Gasteiger partial charge in [-0.15, -0.1) is 11.8 Å². The van der Waals surface area contributed by atoms with Crippen molar-refractivity contribution in [3.63, 3.8) is 0 Å². The average molecular weight is 290 g/mol. The quantitative estimate of drug-likeness (QED) is 0.516. The van der Waals surface area contributed by atoms with Gasteiger partial charge in [0.2, 0.25) is 0 Å². The summed E-state index contributed by atoms with van der Waals surface area (Å²) in [5.74, 6) is 2.11. The fraction of sp³-hybridized carbons (Fsp3) is 0.412. The lowest BCUT2D eigenvalue weighted by Gasteiger charge is -2.12. The molecule has 0 saturated heterocycles. The Bertz CT molecular complexity index is 491. The molecule has 2 rings (SSSR count). The molecule has 0 bridgehead atoms. The zero-order valence-corrected chi connectivity index (χ0v) is 13.0. The van der Waals surface area contributed by atoms with E-state index in [1.165, 1.54) is 34.3 Å². The van der Waals surface area contributed by atoms with Gasteiger partial charge in [0.05, 0.1) is 6.61 Å². The SMILES string of the molecule is CCCCSc1ccc(OCCOC)c2ccccc12. The minimum Gasteiger partial charge on any atom is -0.491 e. The van der Waals surface area contributed by atoms with E-state index in [1.54, 1.807) is 7.11 Å². The molecule has 0 atom stereocenters. The molecule has 0 unspecified atom stereocenters. The first-order valence-electron chi connectivity index (χ1n) is 7.13. The van der Waals surface area contributed by atoms with Crippen molar-refractivity contribution in [3.05, 3.63) is 36.4 Å². The number of ether oxygens (including phenoxy) is 2. The number of thioether (sulfide) groups is 1.